The highest BCUT2D eigenvalue weighted by Gasteiger charge is 2.33. The van der Waals surface area contributed by atoms with Crippen LogP contribution in [0.15, 0.2) is 12.1 Å². The molecule has 0 radical (unpaired) electrons. The standard InChI is InChI=1S/C17H25F2N3O/c1-12-7-8-15(22(12)17(18)19)16(23)20-11-13-5-4-10-21-9-3-2-6-14(13)21/h7-8,13-14,17H,2-6,9-11H2,1H3,(H,20,23)/t13-,14+/m0/s1. The predicted octanol–water partition coefficient (Wildman–Crippen LogP) is 3.19. The van der Waals surface area contributed by atoms with Gasteiger partial charge in [0, 0.05) is 18.3 Å². The molecule has 0 aliphatic carbocycles. The Balaban J connectivity index is 1.62. The summed E-state index contributed by atoms with van der Waals surface area (Å²) >= 11 is 0. The normalized spacial score (nSPS) is 25.4. The first-order valence-electron chi connectivity index (χ1n) is 8.56. The monoisotopic (exact) mass is 325 g/mol. The molecule has 128 valence electrons. The molecule has 3 heterocycles. The van der Waals surface area contributed by atoms with Crippen LogP contribution in [0.3, 0.4) is 0 Å². The van der Waals surface area contributed by atoms with Crippen LogP contribution >= 0.6 is 0 Å². The number of amides is 1. The van der Waals surface area contributed by atoms with Crippen molar-refractivity contribution in [1.82, 2.24) is 14.8 Å². The van der Waals surface area contributed by atoms with E-state index in [1.165, 1.54) is 25.3 Å². The summed E-state index contributed by atoms with van der Waals surface area (Å²) in [6.45, 7) is 1.79. The Morgan fingerprint density at radius 2 is 2.04 bits per heavy atom. The largest absolute Gasteiger partial charge is 0.350 e. The van der Waals surface area contributed by atoms with Crippen molar-refractivity contribution < 1.29 is 13.6 Å². The maximum atomic E-state index is 13.1. The van der Waals surface area contributed by atoms with Crippen molar-refractivity contribution in [1.29, 1.82) is 0 Å². The van der Waals surface area contributed by atoms with E-state index in [2.05, 4.69) is 10.2 Å². The number of carbonyl (C=O) groups is 1. The Bertz CT molecular complexity index is 556. The second-order valence-electron chi connectivity index (χ2n) is 6.72. The summed E-state index contributed by atoms with van der Waals surface area (Å²) < 4.78 is 26.9. The van der Waals surface area contributed by atoms with Crippen LogP contribution in [0.5, 0.6) is 0 Å². The highest BCUT2D eigenvalue weighted by Crippen LogP contribution is 2.30. The number of nitrogens with zero attached hydrogens (tertiary/aromatic N) is 2. The minimum atomic E-state index is -2.69. The minimum Gasteiger partial charge on any atom is -0.350 e. The summed E-state index contributed by atoms with van der Waals surface area (Å²) in [6.07, 6.45) is 5.96. The van der Waals surface area contributed by atoms with E-state index in [-0.39, 0.29) is 5.69 Å². The number of fused-ring (bicyclic) bond motifs is 1. The number of aryl methyl sites for hydroxylation is 1. The van der Waals surface area contributed by atoms with Gasteiger partial charge in [0.25, 0.3) is 5.91 Å². The van der Waals surface area contributed by atoms with Crippen LogP contribution in [0.1, 0.15) is 54.8 Å². The third kappa shape index (κ3) is 3.42. The Hall–Kier alpha value is -1.43. The fraction of sp³-hybridized carbons (Fsp3) is 0.706. The fourth-order valence-corrected chi connectivity index (χ4v) is 4.12. The lowest BCUT2D eigenvalue weighted by molar-refractivity contribution is 0.0541. The van der Waals surface area contributed by atoms with Crippen molar-refractivity contribution in [3.63, 3.8) is 0 Å². The van der Waals surface area contributed by atoms with Crippen LogP contribution in [0, 0.1) is 12.8 Å². The lowest BCUT2D eigenvalue weighted by atomic mass is 9.83. The zero-order chi connectivity index (χ0) is 16.4. The van der Waals surface area contributed by atoms with Gasteiger partial charge in [0.15, 0.2) is 0 Å². The lowest BCUT2D eigenvalue weighted by Gasteiger charge is -2.44. The molecular formula is C17H25F2N3O. The number of aromatic nitrogens is 1. The van der Waals surface area contributed by atoms with Gasteiger partial charge in [-0.15, -0.1) is 0 Å². The molecule has 1 aromatic heterocycles. The Labute approximate surface area is 135 Å². The number of nitrogens with one attached hydrogen (secondary N) is 1. The molecule has 0 aromatic carbocycles. The van der Waals surface area contributed by atoms with Gasteiger partial charge in [-0.05, 0) is 63.7 Å². The van der Waals surface area contributed by atoms with Crippen LogP contribution in [0.2, 0.25) is 0 Å². The molecular weight excluding hydrogens is 300 g/mol. The molecule has 1 N–H and O–H groups in total. The van der Waals surface area contributed by atoms with E-state index in [1.54, 1.807) is 13.0 Å². The van der Waals surface area contributed by atoms with Gasteiger partial charge in [0.05, 0.1) is 0 Å². The number of halogens is 2. The van der Waals surface area contributed by atoms with Crippen LogP contribution < -0.4 is 5.32 Å². The van der Waals surface area contributed by atoms with Crippen molar-refractivity contribution in [3.05, 3.63) is 23.5 Å². The van der Waals surface area contributed by atoms with Gasteiger partial charge >= 0.3 is 6.55 Å². The highest BCUT2D eigenvalue weighted by atomic mass is 19.3. The number of carbonyl (C=O) groups excluding carboxylic acids is 1. The summed E-state index contributed by atoms with van der Waals surface area (Å²) in [4.78, 5) is 14.8. The zero-order valence-electron chi connectivity index (χ0n) is 13.6. The third-order valence-electron chi connectivity index (χ3n) is 5.30. The molecule has 2 aliphatic rings. The molecule has 0 unspecified atom stereocenters. The van der Waals surface area contributed by atoms with E-state index in [4.69, 9.17) is 0 Å². The van der Waals surface area contributed by atoms with Crippen molar-refractivity contribution in [2.24, 2.45) is 5.92 Å². The quantitative estimate of drug-likeness (QED) is 0.923. The van der Waals surface area contributed by atoms with Crippen LogP contribution in [0.25, 0.3) is 0 Å². The van der Waals surface area contributed by atoms with Crippen LogP contribution in [0.4, 0.5) is 8.78 Å². The maximum Gasteiger partial charge on any atom is 0.319 e. The van der Waals surface area contributed by atoms with Gasteiger partial charge in [-0.2, -0.15) is 8.78 Å². The van der Waals surface area contributed by atoms with Crippen molar-refractivity contribution in [2.75, 3.05) is 19.6 Å². The second-order valence-corrected chi connectivity index (χ2v) is 6.72. The average molecular weight is 325 g/mol. The zero-order valence-corrected chi connectivity index (χ0v) is 13.6. The first-order chi connectivity index (χ1) is 11.1. The summed E-state index contributed by atoms with van der Waals surface area (Å²) in [5, 5.41) is 2.89. The van der Waals surface area contributed by atoms with E-state index >= 15 is 0 Å². The van der Waals surface area contributed by atoms with Gasteiger partial charge in [-0.1, -0.05) is 6.42 Å². The van der Waals surface area contributed by atoms with E-state index < -0.39 is 12.5 Å². The SMILES string of the molecule is Cc1ccc(C(=O)NC[C@@H]2CCCN3CCCC[C@H]23)n1C(F)F. The van der Waals surface area contributed by atoms with Gasteiger partial charge in [-0.25, -0.2) is 0 Å². The molecule has 1 amide bonds. The first-order valence-corrected chi connectivity index (χ1v) is 8.56. The summed E-state index contributed by atoms with van der Waals surface area (Å²) in [5.41, 5.74) is 0.454. The average Bonchev–Trinajstić information content (AvgIpc) is 2.94. The topological polar surface area (TPSA) is 37.3 Å². The molecule has 4 nitrogen and oxygen atoms in total. The molecule has 0 bridgehead atoms. The molecule has 2 aliphatic heterocycles. The fourth-order valence-electron chi connectivity index (χ4n) is 4.12. The number of rotatable bonds is 4. The van der Waals surface area contributed by atoms with Crippen molar-refractivity contribution >= 4 is 5.91 Å². The van der Waals surface area contributed by atoms with E-state index in [0.717, 1.165) is 30.5 Å². The van der Waals surface area contributed by atoms with Crippen LogP contribution in [-0.2, 0) is 0 Å². The summed E-state index contributed by atoms with van der Waals surface area (Å²) in [7, 11) is 0. The molecule has 2 saturated heterocycles. The number of hydrogen-bond acceptors (Lipinski definition) is 2. The lowest BCUT2D eigenvalue weighted by Crippen LogP contribution is -2.51. The Morgan fingerprint density at radius 1 is 1.26 bits per heavy atom. The summed E-state index contributed by atoms with van der Waals surface area (Å²) in [6, 6.07) is 3.58. The van der Waals surface area contributed by atoms with E-state index in [0.29, 0.717) is 24.2 Å². The van der Waals surface area contributed by atoms with Crippen LogP contribution in [-0.4, -0.2) is 41.1 Å². The molecule has 2 fully saturated rings. The number of piperidine rings is 2. The molecule has 2 atom stereocenters. The second kappa shape index (κ2) is 6.99. The van der Waals surface area contributed by atoms with Gasteiger partial charge < -0.3 is 10.2 Å². The van der Waals surface area contributed by atoms with E-state index in [1.807, 2.05) is 0 Å². The van der Waals surface area contributed by atoms with Gasteiger partial charge in [0.1, 0.15) is 5.69 Å². The molecule has 23 heavy (non-hydrogen) atoms. The molecule has 3 rings (SSSR count). The van der Waals surface area contributed by atoms with Gasteiger partial charge in [-0.3, -0.25) is 9.36 Å². The third-order valence-corrected chi connectivity index (χ3v) is 5.30. The van der Waals surface area contributed by atoms with E-state index in [9.17, 15) is 13.6 Å². The molecule has 0 saturated carbocycles. The molecule has 0 spiro atoms. The molecule has 6 heteroatoms. The number of hydrogen-bond donors (Lipinski definition) is 1. The van der Waals surface area contributed by atoms with Crippen molar-refractivity contribution in [3.8, 4) is 0 Å². The summed E-state index contributed by atoms with van der Waals surface area (Å²) in [5.74, 6) is 0.0374. The Kier molecular flexibility index (Phi) is 4.99. The van der Waals surface area contributed by atoms with Crippen molar-refractivity contribution in [2.45, 2.75) is 51.6 Å². The van der Waals surface area contributed by atoms with Gasteiger partial charge in [0.2, 0.25) is 0 Å². The molecule has 1 aromatic rings. The Morgan fingerprint density at radius 3 is 2.83 bits per heavy atom. The first kappa shape index (κ1) is 16.4. The smallest absolute Gasteiger partial charge is 0.319 e. The highest BCUT2D eigenvalue weighted by molar-refractivity contribution is 5.92. The minimum absolute atomic E-state index is 0.0498. The number of alkyl halides is 2. The maximum absolute atomic E-state index is 13.1. The predicted molar refractivity (Wildman–Crippen MR) is 84.7 cm³/mol.